The lowest BCUT2D eigenvalue weighted by Gasteiger charge is -2.29. The minimum absolute atomic E-state index is 0.440. The Morgan fingerprint density at radius 2 is 2.00 bits per heavy atom. The van der Waals surface area contributed by atoms with Gasteiger partial charge in [0.15, 0.2) is 0 Å². The molecule has 1 N–H and O–H groups in total. The van der Waals surface area contributed by atoms with Crippen LogP contribution in [-0.4, -0.2) is 31.1 Å². The molecule has 1 aliphatic rings. The molecule has 0 atom stereocenters. The van der Waals surface area contributed by atoms with Crippen LogP contribution in [-0.2, 0) is 6.54 Å². The minimum Gasteiger partial charge on any atom is -0.310 e. The number of likely N-dealkylation sites (tertiary alicyclic amines) is 1. The molecular weight excluding hydrogens is 222 g/mol. The molecule has 1 fully saturated rings. The molecule has 0 radical (unpaired) electrons. The Morgan fingerprint density at radius 1 is 1.29 bits per heavy atom. The van der Waals surface area contributed by atoms with Crippen LogP contribution in [0.15, 0.2) is 18.2 Å². The molecule has 2 nitrogen and oxygen atoms in total. The van der Waals surface area contributed by atoms with Gasteiger partial charge in [0.05, 0.1) is 0 Å². The van der Waals surface area contributed by atoms with Crippen LogP contribution in [0.4, 0.5) is 8.78 Å². The SMILES string of the molecule is CN1CCC(NCc2ccc(F)cc2F)CC1. The zero-order chi connectivity index (χ0) is 12.3. The Hall–Kier alpha value is -1.00. The van der Waals surface area contributed by atoms with Crippen LogP contribution in [0.25, 0.3) is 0 Å². The number of hydrogen-bond donors (Lipinski definition) is 1. The second-order valence-electron chi connectivity index (χ2n) is 4.69. The normalized spacial score (nSPS) is 18.5. The van der Waals surface area contributed by atoms with E-state index in [9.17, 15) is 8.78 Å². The van der Waals surface area contributed by atoms with E-state index in [2.05, 4.69) is 17.3 Å². The first-order valence-electron chi connectivity index (χ1n) is 6.01. The molecule has 1 saturated heterocycles. The Morgan fingerprint density at radius 3 is 2.65 bits per heavy atom. The van der Waals surface area contributed by atoms with E-state index in [0.29, 0.717) is 18.2 Å². The summed E-state index contributed by atoms with van der Waals surface area (Å²) in [5.41, 5.74) is 0.533. The Kier molecular flexibility index (Phi) is 4.07. The summed E-state index contributed by atoms with van der Waals surface area (Å²) in [6, 6.07) is 4.18. The fourth-order valence-electron chi connectivity index (χ4n) is 2.13. The molecule has 0 aliphatic carbocycles. The predicted octanol–water partition coefficient (Wildman–Crippen LogP) is 2.15. The average molecular weight is 240 g/mol. The van der Waals surface area contributed by atoms with Crippen LogP contribution in [0, 0.1) is 11.6 Å². The maximum Gasteiger partial charge on any atom is 0.130 e. The molecule has 1 aromatic rings. The van der Waals surface area contributed by atoms with E-state index in [-0.39, 0.29) is 0 Å². The summed E-state index contributed by atoms with van der Waals surface area (Å²) in [7, 11) is 2.11. The van der Waals surface area contributed by atoms with Crippen molar-refractivity contribution in [1.29, 1.82) is 0 Å². The molecule has 1 heterocycles. The molecule has 2 rings (SSSR count). The first-order valence-corrected chi connectivity index (χ1v) is 6.01. The van der Waals surface area contributed by atoms with Crippen molar-refractivity contribution < 1.29 is 8.78 Å². The largest absolute Gasteiger partial charge is 0.310 e. The van der Waals surface area contributed by atoms with Gasteiger partial charge in [-0.3, -0.25) is 0 Å². The number of benzene rings is 1. The number of rotatable bonds is 3. The lowest BCUT2D eigenvalue weighted by Crippen LogP contribution is -2.40. The predicted molar refractivity (Wildman–Crippen MR) is 63.7 cm³/mol. The molecule has 0 saturated carbocycles. The van der Waals surface area contributed by atoms with E-state index in [4.69, 9.17) is 0 Å². The van der Waals surface area contributed by atoms with Crippen molar-refractivity contribution in [2.24, 2.45) is 0 Å². The Labute approximate surface area is 101 Å². The molecule has 0 amide bonds. The lowest BCUT2D eigenvalue weighted by molar-refractivity contribution is 0.233. The fourth-order valence-corrected chi connectivity index (χ4v) is 2.13. The summed E-state index contributed by atoms with van der Waals surface area (Å²) in [5.74, 6) is -0.990. The highest BCUT2D eigenvalue weighted by Gasteiger charge is 2.16. The number of piperidine rings is 1. The van der Waals surface area contributed by atoms with Crippen LogP contribution in [0.3, 0.4) is 0 Å². The van der Waals surface area contributed by atoms with E-state index in [1.807, 2.05) is 0 Å². The second kappa shape index (κ2) is 5.56. The number of halogens is 2. The van der Waals surface area contributed by atoms with Crippen LogP contribution in [0.5, 0.6) is 0 Å². The summed E-state index contributed by atoms with van der Waals surface area (Å²) in [4.78, 5) is 2.29. The van der Waals surface area contributed by atoms with Crippen molar-refractivity contribution in [3.63, 3.8) is 0 Å². The summed E-state index contributed by atoms with van der Waals surface area (Å²) in [5, 5.41) is 3.33. The van der Waals surface area contributed by atoms with Crippen molar-refractivity contribution in [3.05, 3.63) is 35.4 Å². The van der Waals surface area contributed by atoms with E-state index in [1.54, 1.807) is 0 Å². The summed E-state index contributed by atoms with van der Waals surface area (Å²) in [6.07, 6.45) is 2.17. The van der Waals surface area contributed by atoms with Gasteiger partial charge in [0, 0.05) is 24.2 Å². The molecule has 0 aromatic heterocycles. The van der Waals surface area contributed by atoms with E-state index in [0.717, 1.165) is 32.0 Å². The number of nitrogens with zero attached hydrogens (tertiary/aromatic N) is 1. The first kappa shape index (κ1) is 12.5. The van der Waals surface area contributed by atoms with Gasteiger partial charge in [0.2, 0.25) is 0 Å². The van der Waals surface area contributed by atoms with Gasteiger partial charge >= 0.3 is 0 Å². The average Bonchev–Trinajstić information content (AvgIpc) is 2.30. The van der Waals surface area contributed by atoms with Gasteiger partial charge in [-0.25, -0.2) is 8.78 Å². The van der Waals surface area contributed by atoms with E-state index < -0.39 is 11.6 Å². The van der Waals surface area contributed by atoms with Gasteiger partial charge in [-0.05, 0) is 39.0 Å². The maximum absolute atomic E-state index is 13.4. The minimum atomic E-state index is -0.523. The van der Waals surface area contributed by atoms with Gasteiger partial charge < -0.3 is 10.2 Å². The van der Waals surface area contributed by atoms with Crippen LogP contribution in [0.1, 0.15) is 18.4 Å². The third-order valence-electron chi connectivity index (χ3n) is 3.31. The van der Waals surface area contributed by atoms with Gasteiger partial charge in [-0.1, -0.05) is 6.07 Å². The third kappa shape index (κ3) is 3.48. The summed E-state index contributed by atoms with van der Waals surface area (Å²) in [6.45, 7) is 2.62. The molecule has 0 unspecified atom stereocenters. The number of hydrogen-bond acceptors (Lipinski definition) is 2. The topological polar surface area (TPSA) is 15.3 Å². The lowest BCUT2D eigenvalue weighted by atomic mass is 10.1. The molecule has 94 valence electrons. The molecule has 0 bridgehead atoms. The standard InChI is InChI=1S/C13H18F2N2/c1-17-6-4-12(5-7-17)16-9-10-2-3-11(14)8-13(10)15/h2-3,8,12,16H,4-7,9H2,1H3. The van der Waals surface area contributed by atoms with Crippen molar-refractivity contribution in [3.8, 4) is 0 Å². The Bertz CT molecular complexity index is 374. The van der Waals surface area contributed by atoms with Crippen LogP contribution >= 0.6 is 0 Å². The summed E-state index contributed by atoms with van der Waals surface area (Å²) < 4.78 is 26.1. The second-order valence-corrected chi connectivity index (χ2v) is 4.69. The van der Waals surface area contributed by atoms with E-state index in [1.165, 1.54) is 12.1 Å². The molecule has 0 spiro atoms. The highest BCUT2D eigenvalue weighted by atomic mass is 19.1. The van der Waals surface area contributed by atoms with Crippen LogP contribution < -0.4 is 5.32 Å². The van der Waals surface area contributed by atoms with E-state index >= 15 is 0 Å². The van der Waals surface area contributed by atoms with Gasteiger partial charge in [0.25, 0.3) is 0 Å². The third-order valence-corrected chi connectivity index (χ3v) is 3.31. The van der Waals surface area contributed by atoms with Crippen molar-refractivity contribution in [2.75, 3.05) is 20.1 Å². The zero-order valence-corrected chi connectivity index (χ0v) is 10.0. The van der Waals surface area contributed by atoms with Gasteiger partial charge in [-0.15, -0.1) is 0 Å². The molecule has 1 aliphatic heterocycles. The molecule has 17 heavy (non-hydrogen) atoms. The van der Waals surface area contributed by atoms with Crippen molar-refractivity contribution in [1.82, 2.24) is 10.2 Å². The molecular formula is C13H18F2N2. The quantitative estimate of drug-likeness (QED) is 0.871. The smallest absolute Gasteiger partial charge is 0.130 e. The number of nitrogens with one attached hydrogen (secondary N) is 1. The Balaban J connectivity index is 1.85. The molecule has 1 aromatic carbocycles. The summed E-state index contributed by atoms with van der Waals surface area (Å²) >= 11 is 0. The monoisotopic (exact) mass is 240 g/mol. The highest BCUT2D eigenvalue weighted by Crippen LogP contribution is 2.12. The van der Waals surface area contributed by atoms with Crippen molar-refractivity contribution >= 4 is 0 Å². The zero-order valence-electron chi connectivity index (χ0n) is 10.0. The van der Waals surface area contributed by atoms with Crippen LogP contribution in [0.2, 0.25) is 0 Å². The van der Waals surface area contributed by atoms with Crippen molar-refractivity contribution in [2.45, 2.75) is 25.4 Å². The highest BCUT2D eigenvalue weighted by molar-refractivity contribution is 5.18. The maximum atomic E-state index is 13.4. The van der Waals surface area contributed by atoms with Gasteiger partial charge in [-0.2, -0.15) is 0 Å². The molecule has 4 heteroatoms. The van der Waals surface area contributed by atoms with Gasteiger partial charge in [0.1, 0.15) is 11.6 Å². The fraction of sp³-hybridized carbons (Fsp3) is 0.538. The first-order chi connectivity index (χ1) is 8.15.